The van der Waals surface area contributed by atoms with Crippen LogP contribution >= 0.6 is 11.5 Å². The number of benzene rings is 1. The summed E-state index contributed by atoms with van der Waals surface area (Å²) < 4.78 is 4.60. The number of hydrogen-bond donors (Lipinski definition) is 1. The van der Waals surface area contributed by atoms with E-state index in [9.17, 15) is 0 Å². The van der Waals surface area contributed by atoms with Crippen molar-refractivity contribution >= 4 is 16.7 Å². The smallest absolute Gasteiger partial charge is 0.203 e. The largest absolute Gasteiger partial charge is 0.357 e. The number of piperidine rings is 1. The summed E-state index contributed by atoms with van der Waals surface area (Å²) in [6.45, 7) is 12.7. The van der Waals surface area contributed by atoms with Gasteiger partial charge in [-0.2, -0.15) is 9.36 Å². The van der Waals surface area contributed by atoms with Crippen molar-refractivity contribution in [2.75, 3.05) is 25.0 Å². The lowest BCUT2D eigenvalue weighted by Crippen LogP contribution is -2.50. The van der Waals surface area contributed by atoms with E-state index in [2.05, 4.69) is 66.6 Å². The molecule has 30 heavy (non-hydrogen) atoms. The molecular weight excluding hydrogens is 388 g/mol. The lowest BCUT2D eigenvalue weighted by molar-refractivity contribution is -0.0112. The summed E-state index contributed by atoms with van der Waals surface area (Å²) in [5.41, 5.74) is 5.89. The first-order valence-electron chi connectivity index (χ1n) is 11.5. The van der Waals surface area contributed by atoms with Gasteiger partial charge in [0.1, 0.15) is 0 Å². The third-order valence-electron chi connectivity index (χ3n) is 7.81. The molecule has 160 valence electrons. The van der Waals surface area contributed by atoms with E-state index in [1.165, 1.54) is 68.0 Å². The first-order valence-corrected chi connectivity index (χ1v) is 12.3. The van der Waals surface area contributed by atoms with Crippen LogP contribution < -0.4 is 5.32 Å². The van der Waals surface area contributed by atoms with Crippen molar-refractivity contribution < 1.29 is 0 Å². The van der Waals surface area contributed by atoms with Gasteiger partial charge >= 0.3 is 0 Å². The second-order valence-electron chi connectivity index (χ2n) is 10.3. The minimum atomic E-state index is 0.506. The van der Waals surface area contributed by atoms with Gasteiger partial charge in [0, 0.05) is 42.8 Å². The van der Waals surface area contributed by atoms with Crippen molar-refractivity contribution in [3.05, 3.63) is 41.0 Å². The lowest BCUT2D eigenvalue weighted by Gasteiger charge is -2.57. The third kappa shape index (κ3) is 3.82. The Bertz CT molecular complexity index is 932. The van der Waals surface area contributed by atoms with Crippen molar-refractivity contribution in [1.82, 2.24) is 14.3 Å². The summed E-state index contributed by atoms with van der Waals surface area (Å²) in [6.07, 6.45) is 7.66. The number of rotatable bonds is 5. The van der Waals surface area contributed by atoms with Gasteiger partial charge in [0.2, 0.25) is 5.13 Å². The normalized spacial score (nSPS) is 26.2. The van der Waals surface area contributed by atoms with Crippen molar-refractivity contribution in [3.8, 4) is 11.4 Å². The van der Waals surface area contributed by atoms with Gasteiger partial charge in [-0.25, -0.2) is 0 Å². The van der Waals surface area contributed by atoms with Crippen molar-refractivity contribution in [3.63, 3.8) is 0 Å². The highest BCUT2D eigenvalue weighted by Crippen LogP contribution is 2.59. The molecule has 2 atom stereocenters. The number of aryl methyl sites for hydroxylation is 2. The van der Waals surface area contributed by atoms with Gasteiger partial charge in [-0.15, -0.1) is 0 Å². The second kappa shape index (κ2) is 7.76. The van der Waals surface area contributed by atoms with E-state index in [4.69, 9.17) is 4.98 Å². The third-order valence-corrected chi connectivity index (χ3v) is 8.46. The Morgan fingerprint density at radius 2 is 1.87 bits per heavy atom. The number of fused-ring (bicyclic) bond motifs is 1. The molecule has 2 bridgehead atoms. The highest BCUT2D eigenvalue weighted by Gasteiger charge is 2.51. The molecule has 1 saturated carbocycles. The zero-order valence-electron chi connectivity index (χ0n) is 18.7. The van der Waals surface area contributed by atoms with Gasteiger partial charge < -0.3 is 5.32 Å². The molecule has 1 aromatic heterocycles. The van der Waals surface area contributed by atoms with E-state index in [0.29, 0.717) is 11.5 Å². The number of nitrogens with zero attached hydrogens (tertiary/aromatic N) is 3. The van der Waals surface area contributed by atoms with Gasteiger partial charge in [-0.1, -0.05) is 42.7 Å². The molecule has 1 N–H and O–H groups in total. The van der Waals surface area contributed by atoms with Gasteiger partial charge in [0.15, 0.2) is 5.82 Å². The average Bonchev–Trinajstić information content (AvgIpc) is 3.17. The first kappa shape index (κ1) is 20.2. The topological polar surface area (TPSA) is 41.1 Å². The van der Waals surface area contributed by atoms with E-state index < -0.39 is 0 Å². The van der Waals surface area contributed by atoms with Crippen LogP contribution in [0.15, 0.2) is 29.8 Å². The second-order valence-corrected chi connectivity index (χ2v) is 11.1. The predicted molar refractivity (Wildman–Crippen MR) is 126 cm³/mol. The van der Waals surface area contributed by atoms with Gasteiger partial charge in [0.05, 0.1) is 0 Å². The summed E-state index contributed by atoms with van der Waals surface area (Å²) in [6, 6.07) is 7.04. The summed E-state index contributed by atoms with van der Waals surface area (Å²) >= 11 is 1.49. The maximum atomic E-state index is 4.77. The lowest BCUT2D eigenvalue weighted by atomic mass is 9.49. The molecule has 0 spiro atoms. The molecule has 4 aliphatic rings. The summed E-state index contributed by atoms with van der Waals surface area (Å²) in [4.78, 5) is 7.44. The highest BCUT2D eigenvalue weighted by atomic mass is 32.1. The fourth-order valence-electron chi connectivity index (χ4n) is 5.83. The maximum Gasteiger partial charge on any atom is 0.203 e. The highest BCUT2D eigenvalue weighted by molar-refractivity contribution is 7.09. The van der Waals surface area contributed by atoms with Crippen molar-refractivity contribution in [1.29, 1.82) is 0 Å². The Kier molecular flexibility index (Phi) is 5.22. The number of hydrogen-bond acceptors (Lipinski definition) is 5. The van der Waals surface area contributed by atoms with Gasteiger partial charge in [0.25, 0.3) is 0 Å². The van der Waals surface area contributed by atoms with Crippen LogP contribution in [0.2, 0.25) is 0 Å². The minimum absolute atomic E-state index is 0.506. The monoisotopic (exact) mass is 422 g/mol. The van der Waals surface area contributed by atoms with E-state index in [1.807, 2.05) is 0 Å². The van der Waals surface area contributed by atoms with E-state index in [-0.39, 0.29) is 0 Å². The predicted octanol–water partition coefficient (Wildman–Crippen LogP) is 5.69. The maximum absolute atomic E-state index is 4.77. The van der Waals surface area contributed by atoms with Crippen LogP contribution in [0.5, 0.6) is 0 Å². The zero-order chi connectivity index (χ0) is 20.9. The van der Waals surface area contributed by atoms with Gasteiger partial charge in [-0.05, 0) is 68.9 Å². The molecule has 0 amide bonds. The first-order chi connectivity index (χ1) is 14.4. The molecule has 1 aliphatic heterocycles. The Balaban J connectivity index is 1.15. The molecule has 1 aromatic carbocycles. The molecule has 6 rings (SSSR count). The Morgan fingerprint density at radius 1 is 1.13 bits per heavy atom. The standard InChI is InChI=1S/C25H34N4S/c1-16-11-17(2)13-19(12-16)23-27-24(30-28-23)26-21-7-9-29(10-8-21)15-18-5-6-20-14-22(18)25(20,3)4/h5,11-13,20-22H,6-10,14-15H2,1-4H3,(H,26,27,28)/t20-,22-/m0/s1. The molecule has 2 fully saturated rings. The van der Waals surface area contributed by atoms with E-state index in [0.717, 1.165) is 28.4 Å². The number of likely N-dealkylation sites (tertiary alicyclic amines) is 1. The average molecular weight is 423 g/mol. The van der Waals surface area contributed by atoms with Crippen LogP contribution in [0, 0.1) is 31.1 Å². The number of aromatic nitrogens is 2. The summed E-state index contributed by atoms with van der Waals surface area (Å²) in [7, 11) is 0. The van der Waals surface area contributed by atoms with Crippen LogP contribution in [0.25, 0.3) is 11.4 Å². The fraction of sp³-hybridized carbons (Fsp3) is 0.600. The fourth-order valence-corrected chi connectivity index (χ4v) is 6.49. The van der Waals surface area contributed by atoms with Crippen LogP contribution in [0.3, 0.4) is 0 Å². The van der Waals surface area contributed by atoms with E-state index in [1.54, 1.807) is 5.57 Å². The molecule has 4 nitrogen and oxygen atoms in total. The zero-order valence-corrected chi connectivity index (χ0v) is 19.6. The molecule has 2 aromatic rings. The Morgan fingerprint density at radius 3 is 2.53 bits per heavy atom. The molecular formula is C25H34N4S. The molecule has 0 radical (unpaired) electrons. The molecule has 3 aliphatic carbocycles. The molecule has 5 heteroatoms. The summed E-state index contributed by atoms with van der Waals surface area (Å²) in [5, 5.41) is 4.62. The molecule has 2 heterocycles. The van der Waals surface area contributed by atoms with Crippen molar-refractivity contribution in [2.45, 2.75) is 59.4 Å². The van der Waals surface area contributed by atoms with E-state index >= 15 is 0 Å². The van der Waals surface area contributed by atoms with Crippen LogP contribution in [0.4, 0.5) is 5.13 Å². The SMILES string of the molecule is Cc1cc(C)cc(-c2nsc(NC3CCN(CC4=CC[C@H]5C[C@@H]4C5(C)C)CC3)n2)c1. The van der Waals surface area contributed by atoms with Crippen LogP contribution in [-0.4, -0.2) is 39.9 Å². The Labute approximate surface area is 185 Å². The number of allylic oxidation sites excluding steroid dienone is 1. The van der Waals surface area contributed by atoms with Crippen LogP contribution in [0.1, 0.15) is 50.7 Å². The van der Waals surface area contributed by atoms with Gasteiger partial charge in [-0.3, -0.25) is 4.90 Å². The quantitative estimate of drug-likeness (QED) is 0.628. The number of anilines is 1. The molecule has 1 saturated heterocycles. The van der Waals surface area contributed by atoms with Crippen LogP contribution in [-0.2, 0) is 0 Å². The Hall–Kier alpha value is -1.72. The minimum Gasteiger partial charge on any atom is -0.357 e. The summed E-state index contributed by atoms with van der Waals surface area (Å²) in [5.74, 6) is 2.61. The number of nitrogens with one attached hydrogen (secondary N) is 1. The van der Waals surface area contributed by atoms with Crippen molar-refractivity contribution in [2.24, 2.45) is 17.3 Å². The molecule has 0 unspecified atom stereocenters.